The van der Waals surface area contributed by atoms with E-state index in [-0.39, 0.29) is 9.79 Å². The maximum atomic E-state index is 12.7. The molecule has 2 aromatic carbocycles. The van der Waals surface area contributed by atoms with Crippen LogP contribution in [0, 0.1) is 0 Å². The van der Waals surface area contributed by atoms with Gasteiger partial charge in [-0.1, -0.05) is 15.9 Å². The monoisotopic (exact) mass is 368 g/mol. The van der Waals surface area contributed by atoms with Crippen molar-refractivity contribution in [2.45, 2.75) is 16.7 Å². The van der Waals surface area contributed by atoms with Crippen LogP contribution in [0.3, 0.4) is 0 Å². The van der Waals surface area contributed by atoms with E-state index in [2.05, 4.69) is 15.9 Å². The minimum Gasteiger partial charge on any atom is -0.399 e. The lowest BCUT2D eigenvalue weighted by Crippen LogP contribution is -2.16. The Balaban J connectivity index is 2.54. The van der Waals surface area contributed by atoms with Crippen molar-refractivity contribution in [1.82, 2.24) is 0 Å². The van der Waals surface area contributed by atoms with Gasteiger partial charge in [0.2, 0.25) is 9.84 Å². The lowest BCUT2D eigenvalue weighted by atomic mass is 10.3. The van der Waals surface area contributed by atoms with Crippen molar-refractivity contribution < 1.29 is 8.42 Å². The fourth-order valence-electron chi connectivity index (χ4n) is 1.89. The molecule has 0 atom stereocenters. The fraction of sp³-hybridized carbons (Fsp3) is 0.200. The summed E-state index contributed by atoms with van der Waals surface area (Å²) in [6, 6.07) is 11.4. The Morgan fingerprint density at radius 3 is 2.29 bits per heavy atom. The number of nitrogen functional groups attached to an aromatic ring is 1. The number of halogens is 1. The SMILES string of the molecule is CCN(C)c1cc(Br)cc(S(=O)(=O)c2ccc(N)cc2)c1. The van der Waals surface area contributed by atoms with E-state index >= 15 is 0 Å². The molecule has 0 aliphatic carbocycles. The van der Waals surface area contributed by atoms with Gasteiger partial charge in [0.15, 0.2) is 0 Å². The van der Waals surface area contributed by atoms with Crippen molar-refractivity contribution in [1.29, 1.82) is 0 Å². The number of benzene rings is 2. The quantitative estimate of drug-likeness (QED) is 0.840. The average Bonchev–Trinajstić information content (AvgIpc) is 2.46. The van der Waals surface area contributed by atoms with Crippen molar-refractivity contribution in [2.75, 3.05) is 24.2 Å². The van der Waals surface area contributed by atoms with Gasteiger partial charge < -0.3 is 10.6 Å². The van der Waals surface area contributed by atoms with E-state index in [1.54, 1.807) is 24.3 Å². The number of nitrogens with two attached hydrogens (primary N) is 1. The second kappa shape index (κ2) is 6.07. The first-order valence-electron chi connectivity index (χ1n) is 6.47. The summed E-state index contributed by atoms with van der Waals surface area (Å²) in [4.78, 5) is 2.48. The van der Waals surface area contributed by atoms with Crippen LogP contribution in [-0.4, -0.2) is 22.0 Å². The van der Waals surface area contributed by atoms with E-state index in [9.17, 15) is 8.42 Å². The van der Waals surface area contributed by atoms with E-state index in [1.807, 2.05) is 24.9 Å². The van der Waals surface area contributed by atoms with Gasteiger partial charge in [0, 0.05) is 29.4 Å². The topological polar surface area (TPSA) is 63.4 Å². The first-order chi connectivity index (χ1) is 9.84. The normalized spacial score (nSPS) is 11.4. The van der Waals surface area contributed by atoms with Crippen LogP contribution >= 0.6 is 15.9 Å². The smallest absolute Gasteiger partial charge is 0.206 e. The molecule has 0 aliphatic heterocycles. The third kappa shape index (κ3) is 3.39. The summed E-state index contributed by atoms with van der Waals surface area (Å²) in [6.45, 7) is 2.80. The van der Waals surface area contributed by atoms with Gasteiger partial charge in [0.05, 0.1) is 9.79 Å². The van der Waals surface area contributed by atoms with E-state index in [0.29, 0.717) is 5.69 Å². The van der Waals surface area contributed by atoms with Crippen LogP contribution in [0.4, 0.5) is 11.4 Å². The molecule has 0 heterocycles. The zero-order valence-electron chi connectivity index (χ0n) is 11.9. The molecule has 0 aliphatic rings. The first kappa shape index (κ1) is 15.9. The third-order valence-electron chi connectivity index (χ3n) is 3.27. The van der Waals surface area contributed by atoms with Crippen molar-refractivity contribution in [3.05, 3.63) is 46.9 Å². The summed E-state index contributed by atoms with van der Waals surface area (Å²) in [5.74, 6) is 0. The Bertz CT molecular complexity index is 743. The molecule has 0 unspecified atom stereocenters. The predicted octanol–water partition coefficient (Wildman–Crippen LogP) is 3.32. The third-order valence-corrected chi connectivity index (χ3v) is 5.48. The molecule has 0 spiro atoms. The summed E-state index contributed by atoms with van der Waals surface area (Å²) in [6.07, 6.45) is 0. The van der Waals surface area contributed by atoms with Crippen LogP contribution in [-0.2, 0) is 9.84 Å². The Hall–Kier alpha value is -1.53. The van der Waals surface area contributed by atoms with Gasteiger partial charge in [0.1, 0.15) is 0 Å². The molecule has 0 aromatic heterocycles. The van der Waals surface area contributed by atoms with Crippen LogP contribution < -0.4 is 10.6 Å². The van der Waals surface area contributed by atoms with E-state index in [1.165, 1.54) is 12.1 Å². The largest absolute Gasteiger partial charge is 0.399 e. The van der Waals surface area contributed by atoms with Gasteiger partial charge in [-0.3, -0.25) is 0 Å². The van der Waals surface area contributed by atoms with Crippen LogP contribution in [0.2, 0.25) is 0 Å². The molecular formula is C15H17BrN2O2S. The number of hydrogen-bond acceptors (Lipinski definition) is 4. The van der Waals surface area contributed by atoms with Crippen LogP contribution in [0.15, 0.2) is 56.7 Å². The van der Waals surface area contributed by atoms with Gasteiger partial charge in [-0.2, -0.15) is 0 Å². The Kier molecular flexibility index (Phi) is 4.58. The van der Waals surface area contributed by atoms with E-state index in [4.69, 9.17) is 5.73 Å². The molecule has 0 bridgehead atoms. The molecule has 2 rings (SSSR count). The van der Waals surface area contributed by atoms with Crippen molar-refractivity contribution in [2.24, 2.45) is 0 Å². The molecule has 21 heavy (non-hydrogen) atoms. The van der Waals surface area contributed by atoms with Crippen LogP contribution in [0.1, 0.15) is 6.92 Å². The lowest BCUT2D eigenvalue weighted by Gasteiger charge is -2.18. The Morgan fingerprint density at radius 1 is 1.10 bits per heavy atom. The number of hydrogen-bond donors (Lipinski definition) is 1. The minimum absolute atomic E-state index is 0.236. The molecule has 0 fully saturated rings. The van der Waals surface area contributed by atoms with Crippen LogP contribution in [0.5, 0.6) is 0 Å². The van der Waals surface area contributed by atoms with Gasteiger partial charge in [-0.15, -0.1) is 0 Å². The highest BCUT2D eigenvalue weighted by Gasteiger charge is 2.19. The molecule has 2 N–H and O–H groups in total. The summed E-state index contributed by atoms with van der Waals surface area (Å²) < 4.78 is 26.1. The average molecular weight is 369 g/mol. The number of sulfone groups is 1. The molecule has 112 valence electrons. The zero-order chi connectivity index (χ0) is 15.6. The summed E-state index contributed by atoms with van der Waals surface area (Å²) in [7, 11) is -1.64. The first-order valence-corrected chi connectivity index (χ1v) is 8.74. The van der Waals surface area contributed by atoms with Crippen molar-refractivity contribution >= 4 is 37.1 Å². The molecular weight excluding hydrogens is 352 g/mol. The molecule has 0 amide bonds. The summed E-state index contributed by atoms with van der Waals surface area (Å²) >= 11 is 3.38. The van der Waals surface area contributed by atoms with Crippen molar-refractivity contribution in [3.63, 3.8) is 0 Å². The van der Waals surface area contributed by atoms with Crippen LogP contribution in [0.25, 0.3) is 0 Å². The van der Waals surface area contributed by atoms with E-state index in [0.717, 1.165) is 16.7 Å². The molecule has 2 aromatic rings. The molecule has 6 heteroatoms. The Labute approximate surface area is 133 Å². The predicted molar refractivity (Wildman–Crippen MR) is 89.4 cm³/mol. The maximum absolute atomic E-state index is 12.7. The lowest BCUT2D eigenvalue weighted by molar-refractivity contribution is 0.596. The molecule has 4 nitrogen and oxygen atoms in total. The summed E-state index contributed by atoms with van der Waals surface area (Å²) in [5, 5.41) is 0. The Morgan fingerprint density at radius 2 is 1.71 bits per heavy atom. The number of anilines is 2. The van der Waals surface area contributed by atoms with Gasteiger partial charge in [0.25, 0.3) is 0 Å². The molecule has 0 saturated heterocycles. The molecule has 0 saturated carbocycles. The van der Waals surface area contributed by atoms with Gasteiger partial charge in [-0.25, -0.2) is 8.42 Å². The zero-order valence-corrected chi connectivity index (χ0v) is 14.3. The highest BCUT2D eigenvalue weighted by atomic mass is 79.9. The summed E-state index contributed by atoms with van der Waals surface area (Å²) in [5.41, 5.74) is 6.99. The standard InChI is InChI=1S/C15H17BrN2O2S/c1-3-18(2)13-8-11(16)9-15(10-13)21(19,20)14-6-4-12(17)5-7-14/h4-10H,3,17H2,1-2H3. The highest BCUT2D eigenvalue weighted by molar-refractivity contribution is 9.10. The second-order valence-corrected chi connectivity index (χ2v) is 7.60. The van der Waals surface area contributed by atoms with Gasteiger partial charge in [-0.05, 0) is 49.4 Å². The highest BCUT2D eigenvalue weighted by Crippen LogP contribution is 2.29. The molecule has 0 radical (unpaired) electrons. The van der Waals surface area contributed by atoms with E-state index < -0.39 is 9.84 Å². The number of rotatable bonds is 4. The fourth-order valence-corrected chi connectivity index (χ4v) is 3.85. The number of nitrogens with zero attached hydrogens (tertiary/aromatic N) is 1. The minimum atomic E-state index is -3.55. The van der Waals surface area contributed by atoms with Crippen molar-refractivity contribution in [3.8, 4) is 0 Å². The maximum Gasteiger partial charge on any atom is 0.206 e. The second-order valence-electron chi connectivity index (χ2n) is 4.73. The van der Waals surface area contributed by atoms with Gasteiger partial charge >= 0.3 is 0 Å².